The second-order valence-corrected chi connectivity index (χ2v) is 2.97. The van der Waals surface area contributed by atoms with E-state index in [-0.39, 0.29) is 5.69 Å². The molecule has 0 aliphatic rings. The molecule has 1 aromatic rings. The molecule has 0 aliphatic heterocycles. The first kappa shape index (κ1) is 10.7. The minimum atomic E-state index is -0.597. The largest absolute Gasteiger partial charge is 0.242 e. The van der Waals surface area contributed by atoms with Crippen LogP contribution in [0.25, 0.3) is 6.08 Å². The minimum Gasteiger partial charge on any atom is -0.242 e. The Kier molecular flexibility index (Phi) is 4.09. The predicted octanol–water partition coefficient (Wildman–Crippen LogP) is 2.73. The maximum Gasteiger partial charge on any atom is 0.176 e. The van der Waals surface area contributed by atoms with E-state index in [2.05, 4.69) is 4.98 Å². The summed E-state index contributed by atoms with van der Waals surface area (Å²) >= 11 is 5.46. The first-order valence-electron chi connectivity index (χ1n) is 4.06. The Morgan fingerprint density at radius 3 is 3.00 bits per heavy atom. The van der Waals surface area contributed by atoms with Crippen LogP contribution < -0.4 is 0 Å². The van der Waals surface area contributed by atoms with Crippen molar-refractivity contribution in [2.75, 3.05) is 5.88 Å². The average Bonchev–Trinajstić information content (AvgIpc) is 2.18. The van der Waals surface area contributed by atoms with Crippen molar-refractivity contribution >= 4 is 17.7 Å². The lowest BCUT2D eigenvalue weighted by Gasteiger charge is -1.94. The molecule has 0 saturated heterocycles. The van der Waals surface area contributed by atoms with Gasteiger partial charge < -0.3 is 0 Å². The van der Waals surface area contributed by atoms with E-state index in [1.165, 1.54) is 12.3 Å². The molecule has 1 rings (SSSR count). The van der Waals surface area contributed by atoms with Crippen molar-refractivity contribution in [3.8, 4) is 6.07 Å². The van der Waals surface area contributed by atoms with Crippen molar-refractivity contribution < 1.29 is 4.39 Å². The molecule has 0 atom stereocenters. The SMILES string of the molecule is N#Cc1ncc(C=CCCCl)cc1F. The number of halogens is 2. The standard InChI is InChI=1S/C10H8ClFN2/c11-4-2-1-3-8-5-9(12)10(6-13)14-7-8/h1,3,5,7H,2,4H2. The number of allylic oxidation sites excluding steroid dienone is 1. The highest BCUT2D eigenvalue weighted by Crippen LogP contribution is 2.08. The van der Waals surface area contributed by atoms with Gasteiger partial charge in [-0.2, -0.15) is 5.26 Å². The summed E-state index contributed by atoms with van der Waals surface area (Å²) in [4.78, 5) is 3.66. The Morgan fingerprint density at radius 2 is 2.43 bits per heavy atom. The van der Waals surface area contributed by atoms with Gasteiger partial charge in [0.25, 0.3) is 0 Å². The highest BCUT2D eigenvalue weighted by atomic mass is 35.5. The van der Waals surface area contributed by atoms with Crippen molar-refractivity contribution in [3.05, 3.63) is 35.4 Å². The lowest BCUT2D eigenvalue weighted by molar-refractivity contribution is 0.616. The topological polar surface area (TPSA) is 36.7 Å². The normalized spacial score (nSPS) is 10.4. The second-order valence-electron chi connectivity index (χ2n) is 2.59. The Labute approximate surface area is 86.6 Å². The van der Waals surface area contributed by atoms with Crippen LogP contribution in [0.2, 0.25) is 0 Å². The van der Waals surface area contributed by atoms with Gasteiger partial charge >= 0.3 is 0 Å². The molecule has 0 spiro atoms. The fraction of sp³-hybridized carbons (Fsp3) is 0.200. The fourth-order valence-electron chi connectivity index (χ4n) is 0.909. The first-order valence-corrected chi connectivity index (χ1v) is 4.59. The second kappa shape index (κ2) is 5.36. The Balaban J connectivity index is 2.82. The van der Waals surface area contributed by atoms with Crippen molar-refractivity contribution in [3.63, 3.8) is 0 Å². The quantitative estimate of drug-likeness (QED) is 0.720. The van der Waals surface area contributed by atoms with Crippen LogP contribution in [-0.4, -0.2) is 10.9 Å². The van der Waals surface area contributed by atoms with Gasteiger partial charge in [0.05, 0.1) is 0 Å². The molecule has 0 aliphatic carbocycles. The lowest BCUT2D eigenvalue weighted by atomic mass is 10.2. The summed E-state index contributed by atoms with van der Waals surface area (Å²) in [6.07, 6.45) is 5.73. The van der Waals surface area contributed by atoms with Crippen LogP contribution in [0.5, 0.6) is 0 Å². The fourth-order valence-corrected chi connectivity index (χ4v) is 1.03. The summed E-state index contributed by atoms with van der Waals surface area (Å²) in [5.74, 6) is -0.0663. The van der Waals surface area contributed by atoms with Gasteiger partial charge in [-0.1, -0.05) is 12.2 Å². The molecular weight excluding hydrogens is 203 g/mol. The van der Waals surface area contributed by atoms with E-state index in [0.717, 1.165) is 6.42 Å². The Morgan fingerprint density at radius 1 is 1.64 bits per heavy atom. The average molecular weight is 211 g/mol. The van der Waals surface area contributed by atoms with E-state index >= 15 is 0 Å². The van der Waals surface area contributed by atoms with Crippen LogP contribution in [0.4, 0.5) is 4.39 Å². The lowest BCUT2D eigenvalue weighted by Crippen LogP contribution is -1.89. The molecule has 72 valence electrons. The predicted molar refractivity (Wildman–Crippen MR) is 53.3 cm³/mol. The Hall–Kier alpha value is -1.40. The van der Waals surface area contributed by atoms with Gasteiger partial charge in [-0.25, -0.2) is 9.37 Å². The molecule has 0 fully saturated rings. The van der Waals surface area contributed by atoms with Gasteiger partial charge in [0, 0.05) is 12.1 Å². The van der Waals surface area contributed by atoms with Crippen LogP contribution in [0, 0.1) is 17.1 Å². The summed E-state index contributed by atoms with van der Waals surface area (Å²) in [6.45, 7) is 0. The summed E-state index contributed by atoms with van der Waals surface area (Å²) in [7, 11) is 0. The van der Waals surface area contributed by atoms with Crippen LogP contribution in [-0.2, 0) is 0 Å². The molecule has 2 nitrogen and oxygen atoms in total. The third-order valence-corrected chi connectivity index (χ3v) is 1.77. The maximum absolute atomic E-state index is 13.0. The molecule has 1 heterocycles. The molecule has 0 N–H and O–H groups in total. The molecule has 0 unspecified atom stereocenters. The molecule has 0 saturated carbocycles. The number of aromatic nitrogens is 1. The van der Waals surface area contributed by atoms with E-state index in [4.69, 9.17) is 16.9 Å². The van der Waals surface area contributed by atoms with Crippen molar-refractivity contribution in [1.82, 2.24) is 4.98 Å². The van der Waals surface area contributed by atoms with Crippen LogP contribution >= 0.6 is 11.6 Å². The number of alkyl halides is 1. The Bertz CT molecular complexity index is 382. The molecule has 0 aromatic carbocycles. The highest BCUT2D eigenvalue weighted by molar-refractivity contribution is 6.17. The van der Waals surface area contributed by atoms with E-state index in [1.807, 2.05) is 6.08 Å². The number of nitriles is 1. The molecule has 4 heteroatoms. The number of hydrogen-bond donors (Lipinski definition) is 0. The molecule has 0 radical (unpaired) electrons. The summed E-state index contributed by atoms with van der Waals surface area (Å²) in [5.41, 5.74) is 0.450. The monoisotopic (exact) mass is 210 g/mol. The van der Waals surface area contributed by atoms with E-state index < -0.39 is 5.82 Å². The van der Waals surface area contributed by atoms with Gasteiger partial charge in [-0.05, 0) is 18.1 Å². The third kappa shape index (κ3) is 2.82. The van der Waals surface area contributed by atoms with Crippen molar-refractivity contribution in [1.29, 1.82) is 5.26 Å². The van der Waals surface area contributed by atoms with Gasteiger partial charge in [0.2, 0.25) is 0 Å². The van der Waals surface area contributed by atoms with Crippen LogP contribution in [0.3, 0.4) is 0 Å². The summed E-state index contributed by atoms with van der Waals surface area (Å²) < 4.78 is 13.0. The van der Waals surface area contributed by atoms with Gasteiger partial charge in [0.15, 0.2) is 11.5 Å². The maximum atomic E-state index is 13.0. The van der Waals surface area contributed by atoms with E-state index in [0.29, 0.717) is 11.4 Å². The van der Waals surface area contributed by atoms with Crippen LogP contribution in [0.1, 0.15) is 17.7 Å². The number of pyridine rings is 1. The van der Waals surface area contributed by atoms with Gasteiger partial charge in [-0.15, -0.1) is 11.6 Å². The zero-order valence-electron chi connectivity index (χ0n) is 7.37. The van der Waals surface area contributed by atoms with E-state index in [1.54, 1.807) is 12.1 Å². The van der Waals surface area contributed by atoms with Gasteiger partial charge in [-0.3, -0.25) is 0 Å². The van der Waals surface area contributed by atoms with Crippen molar-refractivity contribution in [2.45, 2.75) is 6.42 Å². The summed E-state index contributed by atoms with van der Waals surface area (Å²) in [6, 6.07) is 2.93. The zero-order chi connectivity index (χ0) is 10.4. The number of rotatable bonds is 3. The molecule has 14 heavy (non-hydrogen) atoms. The summed E-state index contributed by atoms with van der Waals surface area (Å²) in [5, 5.41) is 8.44. The third-order valence-electron chi connectivity index (χ3n) is 1.55. The van der Waals surface area contributed by atoms with Gasteiger partial charge in [0.1, 0.15) is 6.07 Å². The number of nitrogens with zero attached hydrogens (tertiary/aromatic N) is 2. The molecular formula is C10H8ClFN2. The first-order chi connectivity index (χ1) is 6.77. The molecule has 0 amide bonds. The van der Waals surface area contributed by atoms with E-state index in [9.17, 15) is 4.39 Å². The molecule has 0 bridgehead atoms. The van der Waals surface area contributed by atoms with Crippen molar-refractivity contribution in [2.24, 2.45) is 0 Å². The van der Waals surface area contributed by atoms with Crippen LogP contribution in [0.15, 0.2) is 18.3 Å². The smallest absolute Gasteiger partial charge is 0.176 e. The minimum absolute atomic E-state index is 0.181. The highest BCUT2D eigenvalue weighted by Gasteiger charge is 2.01. The number of hydrogen-bond acceptors (Lipinski definition) is 2. The molecule has 1 aromatic heterocycles. The zero-order valence-corrected chi connectivity index (χ0v) is 8.13.